The molecule has 0 saturated carbocycles. The molecule has 6 nitrogen and oxygen atoms in total. The average Bonchev–Trinajstić information content (AvgIpc) is 2.28. The summed E-state index contributed by atoms with van der Waals surface area (Å²) in [6.45, 7) is 0. The minimum absolute atomic E-state index is 0.246. The molecule has 0 aliphatic heterocycles. The van der Waals surface area contributed by atoms with Gasteiger partial charge in [0.25, 0.3) is 0 Å². The molecule has 0 saturated heterocycles. The maximum atomic E-state index is 10.9. The number of hydrogen-bond donors (Lipinski definition) is 3. The quantitative estimate of drug-likeness (QED) is 0.692. The van der Waals surface area contributed by atoms with Crippen molar-refractivity contribution in [1.82, 2.24) is 0 Å². The fraction of sp³-hybridized carbons (Fsp3) is 0.273. The van der Waals surface area contributed by atoms with Gasteiger partial charge in [0.05, 0.1) is 0 Å². The van der Waals surface area contributed by atoms with Crippen LogP contribution in [-0.2, 0) is 11.2 Å². The standard InChI is InChI=1S/C11H15N3O3/c1-14(11(13)17)8-4-2-7(3-5-8)6-9(12)10(15)16/h2-5,9H,6,12H2,1H3,(H2,13,17)(H,15,16). The molecule has 2 amide bonds. The number of aliphatic carboxylic acids is 1. The first-order valence-electron chi connectivity index (χ1n) is 5.02. The summed E-state index contributed by atoms with van der Waals surface area (Å²) in [7, 11) is 1.56. The van der Waals surface area contributed by atoms with Crippen LogP contribution in [0.25, 0.3) is 0 Å². The van der Waals surface area contributed by atoms with Gasteiger partial charge >= 0.3 is 12.0 Å². The SMILES string of the molecule is CN(C(N)=O)c1ccc(CC(N)C(=O)O)cc1. The zero-order valence-electron chi connectivity index (χ0n) is 9.46. The van der Waals surface area contributed by atoms with Crippen LogP contribution in [0.2, 0.25) is 0 Å². The van der Waals surface area contributed by atoms with Gasteiger partial charge in [-0.1, -0.05) is 12.1 Å². The number of urea groups is 1. The van der Waals surface area contributed by atoms with E-state index in [0.29, 0.717) is 5.69 Å². The van der Waals surface area contributed by atoms with E-state index in [1.807, 2.05) is 0 Å². The Balaban J connectivity index is 2.75. The van der Waals surface area contributed by atoms with Crippen molar-refractivity contribution in [3.63, 3.8) is 0 Å². The van der Waals surface area contributed by atoms with Crippen molar-refractivity contribution in [3.05, 3.63) is 29.8 Å². The van der Waals surface area contributed by atoms with Crippen molar-refractivity contribution in [2.75, 3.05) is 11.9 Å². The van der Waals surface area contributed by atoms with Gasteiger partial charge in [0.1, 0.15) is 6.04 Å². The Morgan fingerprint density at radius 3 is 2.29 bits per heavy atom. The molecule has 0 heterocycles. The summed E-state index contributed by atoms with van der Waals surface area (Å²) < 4.78 is 0. The first-order chi connectivity index (χ1) is 7.91. The highest BCUT2D eigenvalue weighted by atomic mass is 16.4. The molecular formula is C11H15N3O3. The van der Waals surface area contributed by atoms with E-state index in [2.05, 4.69) is 0 Å². The summed E-state index contributed by atoms with van der Waals surface area (Å²) >= 11 is 0. The van der Waals surface area contributed by atoms with Crippen LogP contribution in [0.15, 0.2) is 24.3 Å². The second-order valence-corrected chi connectivity index (χ2v) is 3.71. The van der Waals surface area contributed by atoms with Gasteiger partial charge < -0.3 is 16.6 Å². The molecule has 0 bridgehead atoms. The molecule has 0 fully saturated rings. The Bertz CT molecular complexity index is 416. The maximum absolute atomic E-state index is 10.9. The van der Waals surface area contributed by atoms with Crippen LogP contribution in [0, 0.1) is 0 Å². The summed E-state index contributed by atoms with van der Waals surface area (Å²) in [6, 6.07) is 5.34. The Morgan fingerprint density at radius 2 is 1.88 bits per heavy atom. The van der Waals surface area contributed by atoms with E-state index >= 15 is 0 Å². The molecule has 17 heavy (non-hydrogen) atoms. The summed E-state index contributed by atoms with van der Waals surface area (Å²) in [6.07, 6.45) is 0.246. The third-order valence-corrected chi connectivity index (χ3v) is 2.43. The number of primary amides is 1. The van der Waals surface area contributed by atoms with E-state index in [4.69, 9.17) is 16.6 Å². The van der Waals surface area contributed by atoms with Gasteiger partial charge in [-0.2, -0.15) is 0 Å². The normalized spacial score (nSPS) is 11.9. The largest absolute Gasteiger partial charge is 0.480 e. The molecule has 0 aromatic heterocycles. The number of carbonyl (C=O) groups is 2. The van der Waals surface area contributed by atoms with Crippen LogP contribution >= 0.6 is 0 Å². The Hall–Kier alpha value is -2.08. The Kier molecular flexibility index (Phi) is 4.06. The van der Waals surface area contributed by atoms with Gasteiger partial charge in [-0.05, 0) is 24.1 Å². The van der Waals surface area contributed by atoms with E-state index in [1.165, 1.54) is 4.90 Å². The lowest BCUT2D eigenvalue weighted by molar-refractivity contribution is -0.138. The molecule has 92 valence electrons. The number of amides is 2. The van der Waals surface area contributed by atoms with Gasteiger partial charge in [0.2, 0.25) is 0 Å². The van der Waals surface area contributed by atoms with Gasteiger partial charge in [-0.15, -0.1) is 0 Å². The zero-order valence-corrected chi connectivity index (χ0v) is 9.46. The first kappa shape index (κ1) is 13.0. The Morgan fingerprint density at radius 1 is 1.35 bits per heavy atom. The molecule has 1 aromatic rings. The van der Waals surface area contributed by atoms with Crippen LogP contribution < -0.4 is 16.4 Å². The maximum Gasteiger partial charge on any atom is 0.320 e. The molecule has 0 aliphatic rings. The lowest BCUT2D eigenvalue weighted by Gasteiger charge is -2.14. The molecule has 5 N–H and O–H groups in total. The van der Waals surface area contributed by atoms with Crippen LogP contribution in [0.4, 0.5) is 10.5 Å². The van der Waals surface area contributed by atoms with E-state index < -0.39 is 18.0 Å². The predicted molar refractivity (Wildman–Crippen MR) is 63.7 cm³/mol. The van der Waals surface area contributed by atoms with Gasteiger partial charge in [-0.25, -0.2) is 4.79 Å². The number of carboxylic acids is 1. The fourth-order valence-electron chi connectivity index (χ4n) is 1.32. The summed E-state index contributed by atoms with van der Waals surface area (Å²) in [5.41, 5.74) is 12.0. The van der Waals surface area contributed by atoms with Gasteiger partial charge in [0.15, 0.2) is 0 Å². The molecule has 1 unspecified atom stereocenters. The predicted octanol–water partition coefficient (Wildman–Crippen LogP) is 0.156. The molecule has 0 spiro atoms. The summed E-state index contributed by atoms with van der Waals surface area (Å²) in [5.74, 6) is -1.04. The number of carbonyl (C=O) groups excluding carboxylic acids is 1. The molecule has 0 aliphatic carbocycles. The van der Waals surface area contributed by atoms with Crippen molar-refractivity contribution >= 4 is 17.7 Å². The van der Waals surface area contributed by atoms with E-state index in [0.717, 1.165) is 5.56 Å². The third-order valence-electron chi connectivity index (χ3n) is 2.43. The van der Waals surface area contributed by atoms with Crippen molar-refractivity contribution in [2.24, 2.45) is 11.5 Å². The number of anilines is 1. The second-order valence-electron chi connectivity index (χ2n) is 3.71. The minimum atomic E-state index is -1.04. The van der Waals surface area contributed by atoms with Crippen LogP contribution in [0.3, 0.4) is 0 Å². The number of nitrogens with zero attached hydrogens (tertiary/aromatic N) is 1. The number of nitrogens with two attached hydrogens (primary N) is 2. The topological polar surface area (TPSA) is 110 Å². The van der Waals surface area contributed by atoms with Crippen LogP contribution in [0.1, 0.15) is 5.56 Å². The number of carboxylic acid groups (broad SMARTS) is 1. The zero-order chi connectivity index (χ0) is 13.0. The molecule has 1 atom stereocenters. The highest BCUT2D eigenvalue weighted by molar-refractivity contribution is 5.89. The van der Waals surface area contributed by atoms with E-state index in [-0.39, 0.29) is 6.42 Å². The van der Waals surface area contributed by atoms with Crippen LogP contribution in [0.5, 0.6) is 0 Å². The highest BCUT2D eigenvalue weighted by Gasteiger charge is 2.12. The Labute approximate surface area is 98.8 Å². The smallest absolute Gasteiger partial charge is 0.320 e. The molecule has 1 rings (SSSR count). The lowest BCUT2D eigenvalue weighted by Crippen LogP contribution is -2.32. The molecule has 1 aromatic carbocycles. The number of rotatable bonds is 4. The van der Waals surface area contributed by atoms with Crippen molar-refractivity contribution in [3.8, 4) is 0 Å². The van der Waals surface area contributed by atoms with Crippen molar-refractivity contribution in [2.45, 2.75) is 12.5 Å². The van der Waals surface area contributed by atoms with Gasteiger partial charge in [0, 0.05) is 12.7 Å². The average molecular weight is 237 g/mol. The van der Waals surface area contributed by atoms with Crippen LogP contribution in [-0.4, -0.2) is 30.2 Å². The van der Waals surface area contributed by atoms with Gasteiger partial charge in [-0.3, -0.25) is 9.69 Å². The minimum Gasteiger partial charge on any atom is -0.480 e. The highest BCUT2D eigenvalue weighted by Crippen LogP contribution is 2.14. The van der Waals surface area contributed by atoms with Crippen molar-refractivity contribution < 1.29 is 14.7 Å². The van der Waals surface area contributed by atoms with E-state index in [1.54, 1.807) is 31.3 Å². The number of benzene rings is 1. The second kappa shape index (κ2) is 5.31. The van der Waals surface area contributed by atoms with E-state index in [9.17, 15) is 9.59 Å². The third kappa shape index (κ3) is 3.46. The number of hydrogen-bond acceptors (Lipinski definition) is 3. The lowest BCUT2D eigenvalue weighted by atomic mass is 10.1. The summed E-state index contributed by atoms with van der Waals surface area (Å²) in [4.78, 5) is 22.8. The first-order valence-corrected chi connectivity index (χ1v) is 5.02. The molecule has 6 heteroatoms. The fourth-order valence-corrected chi connectivity index (χ4v) is 1.32. The molecule has 0 radical (unpaired) electrons. The summed E-state index contributed by atoms with van der Waals surface area (Å²) in [5, 5.41) is 8.66. The monoisotopic (exact) mass is 237 g/mol. The molecular weight excluding hydrogens is 222 g/mol. The van der Waals surface area contributed by atoms with Crippen molar-refractivity contribution in [1.29, 1.82) is 0 Å².